The van der Waals surface area contributed by atoms with Gasteiger partial charge in [-0.1, -0.05) is 85.1 Å². The normalized spacial score (nSPS) is 22.8. The van der Waals surface area contributed by atoms with E-state index in [0.717, 1.165) is 24.7 Å². The molecule has 3 N–H and O–H groups in total. The minimum Gasteiger partial charge on any atom is -0.392 e. The van der Waals surface area contributed by atoms with Gasteiger partial charge in [-0.15, -0.1) is 0 Å². The number of nitrogens with zero attached hydrogens (tertiary/aromatic N) is 1. The standard InChI is InChI=1S/C32H37Cl2N3O6S/c1-4-21(18-38)14-13-20(2)19-43-35-31(39)29-23-9-5-6-10-24(23)32(40)37(30(29)25-16-15-22(33)17-26(25)34)28-12-8-7-11-27(28)36-44(3,41)42/h4-6,9-10,13-17,27-30,36,38H,1,7-8,11-12,18-19H2,2-3H3,(H,35,39)/b20-13+,21-14+/t27-,28-,29+,30-/m0/s1. The van der Waals surface area contributed by atoms with E-state index in [1.807, 2.05) is 6.92 Å². The maximum Gasteiger partial charge on any atom is 0.255 e. The number of amides is 2. The lowest BCUT2D eigenvalue weighted by molar-refractivity contribution is -0.136. The second-order valence-corrected chi connectivity index (χ2v) is 13.7. The number of carbonyl (C=O) groups is 2. The lowest BCUT2D eigenvalue weighted by Gasteiger charge is -2.49. The summed E-state index contributed by atoms with van der Waals surface area (Å²) in [4.78, 5) is 35.6. The molecule has 0 bridgehead atoms. The fourth-order valence-electron chi connectivity index (χ4n) is 5.90. The first kappa shape index (κ1) is 33.9. The van der Waals surface area contributed by atoms with E-state index < -0.39 is 40.0 Å². The molecular formula is C32H37Cl2N3O6S. The van der Waals surface area contributed by atoms with Gasteiger partial charge >= 0.3 is 0 Å². The molecule has 236 valence electrons. The fraction of sp³-hybridized carbons (Fsp3) is 0.375. The minimum absolute atomic E-state index is 0.0600. The summed E-state index contributed by atoms with van der Waals surface area (Å²) < 4.78 is 27.4. The molecule has 2 amide bonds. The molecule has 1 aliphatic carbocycles. The number of aliphatic hydroxyl groups excluding tert-OH is 1. The number of hydrogen-bond acceptors (Lipinski definition) is 6. The van der Waals surface area contributed by atoms with Crippen molar-refractivity contribution < 1.29 is 28.0 Å². The predicted octanol–water partition coefficient (Wildman–Crippen LogP) is 5.23. The Balaban J connectivity index is 1.77. The molecule has 1 fully saturated rings. The molecule has 12 heteroatoms. The van der Waals surface area contributed by atoms with Crippen LogP contribution in [0.4, 0.5) is 0 Å². The molecule has 0 aromatic heterocycles. The highest BCUT2D eigenvalue weighted by molar-refractivity contribution is 7.88. The van der Waals surface area contributed by atoms with Gasteiger partial charge in [0.25, 0.3) is 11.8 Å². The van der Waals surface area contributed by atoms with Gasteiger partial charge in [0.15, 0.2) is 0 Å². The average Bonchev–Trinajstić information content (AvgIpc) is 2.97. The second kappa shape index (κ2) is 14.9. The highest BCUT2D eigenvalue weighted by Gasteiger charge is 2.49. The summed E-state index contributed by atoms with van der Waals surface area (Å²) in [5.74, 6) is -1.77. The first-order chi connectivity index (χ1) is 20.9. The van der Waals surface area contributed by atoms with E-state index in [2.05, 4.69) is 16.8 Å². The van der Waals surface area contributed by atoms with E-state index in [4.69, 9.17) is 28.0 Å². The molecule has 0 unspecified atom stereocenters. The Kier molecular flexibility index (Phi) is 11.4. The van der Waals surface area contributed by atoms with Crippen molar-refractivity contribution in [1.29, 1.82) is 0 Å². The maximum atomic E-state index is 14.3. The zero-order valence-electron chi connectivity index (χ0n) is 24.6. The van der Waals surface area contributed by atoms with Crippen molar-refractivity contribution in [2.75, 3.05) is 19.5 Å². The number of nitrogens with one attached hydrogen (secondary N) is 2. The molecule has 9 nitrogen and oxygen atoms in total. The van der Waals surface area contributed by atoms with E-state index >= 15 is 0 Å². The molecule has 2 aromatic rings. The smallest absolute Gasteiger partial charge is 0.255 e. The van der Waals surface area contributed by atoms with Gasteiger partial charge < -0.3 is 10.0 Å². The fourth-order valence-corrected chi connectivity index (χ4v) is 7.24. The first-order valence-corrected chi connectivity index (χ1v) is 16.9. The third-order valence-electron chi connectivity index (χ3n) is 7.89. The Morgan fingerprint density at radius 2 is 1.86 bits per heavy atom. The number of benzene rings is 2. The molecule has 1 saturated carbocycles. The summed E-state index contributed by atoms with van der Waals surface area (Å²) in [5.41, 5.74) is 5.33. The molecule has 0 spiro atoms. The Morgan fingerprint density at radius 3 is 2.55 bits per heavy atom. The topological polar surface area (TPSA) is 125 Å². The molecule has 0 radical (unpaired) electrons. The molecule has 0 saturated heterocycles. The number of aliphatic hydroxyl groups is 1. The number of halogens is 2. The first-order valence-electron chi connectivity index (χ1n) is 14.3. The SMILES string of the molecule is C=C/C(=C\C=C(/C)CONC(=O)[C@@H]1c2ccccc2C(=O)N([C@H]2CCCC[C@@H]2NS(C)(=O)=O)[C@H]1c1ccc(Cl)cc1Cl)CO. The summed E-state index contributed by atoms with van der Waals surface area (Å²) in [5, 5.41) is 10.0. The zero-order chi connectivity index (χ0) is 32.0. The van der Waals surface area contributed by atoms with Crippen molar-refractivity contribution in [3.05, 3.63) is 105 Å². The van der Waals surface area contributed by atoms with Crippen molar-refractivity contribution in [2.45, 2.75) is 56.7 Å². The summed E-state index contributed by atoms with van der Waals surface area (Å²) in [6, 6.07) is 9.81. The number of sulfonamides is 1. The van der Waals surface area contributed by atoms with Crippen LogP contribution in [0.2, 0.25) is 10.0 Å². The molecule has 1 aliphatic heterocycles. The summed E-state index contributed by atoms with van der Waals surface area (Å²) >= 11 is 13.0. The lowest BCUT2D eigenvalue weighted by atomic mass is 9.76. The van der Waals surface area contributed by atoms with Gasteiger partial charge in [-0.3, -0.25) is 14.4 Å². The highest BCUT2D eigenvalue weighted by Crippen LogP contribution is 2.47. The Bertz CT molecular complexity index is 1580. The van der Waals surface area contributed by atoms with Crippen LogP contribution in [0.15, 0.2) is 78.4 Å². The van der Waals surface area contributed by atoms with Crippen LogP contribution in [0, 0.1) is 0 Å². The van der Waals surface area contributed by atoms with Crippen LogP contribution in [0.25, 0.3) is 0 Å². The number of hydroxylamine groups is 1. The zero-order valence-corrected chi connectivity index (χ0v) is 27.0. The predicted molar refractivity (Wildman–Crippen MR) is 172 cm³/mol. The van der Waals surface area contributed by atoms with Crippen molar-refractivity contribution >= 4 is 45.0 Å². The Labute approximate surface area is 268 Å². The number of allylic oxidation sites excluding steroid dienone is 2. The highest BCUT2D eigenvalue weighted by atomic mass is 35.5. The van der Waals surface area contributed by atoms with Gasteiger partial charge in [0.1, 0.15) is 0 Å². The summed E-state index contributed by atoms with van der Waals surface area (Å²) in [6.07, 6.45) is 8.75. The Morgan fingerprint density at radius 1 is 1.14 bits per heavy atom. The summed E-state index contributed by atoms with van der Waals surface area (Å²) in [6.45, 7) is 5.37. The molecule has 2 aliphatic rings. The molecule has 44 heavy (non-hydrogen) atoms. The molecule has 4 rings (SSSR count). The average molecular weight is 663 g/mol. The number of hydrogen-bond donors (Lipinski definition) is 3. The molecule has 1 heterocycles. The third-order valence-corrected chi connectivity index (χ3v) is 9.18. The Hall–Kier alpha value is -2.99. The molecule has 4 atom stereocenters. The second-order valence-electron chi connectivity index (χ2n) is 11.1. The number of carbonyl (C=O) groups excluding carboxylic acids is 2. The van der Waals surface area contributed by atoms with Gasteiger partial charge in [0.2, 0.25) is 10.0 Å². The van der Waals surface area contributed by atoms with E-state index in [1.165, 1.54) is 0 Å². The van der Waals surface area contributed by atoms with E-state index in [0.29, 0.717) is 40.1 Å². The largest absolute Gasteiger partial charge is 0.392 e. The van der Waals surface area contributed by atoms with Crippen LogP contribution in [-0.4, -0.2) is 61.8 Å². The molecular weight excluding hydrogens is 625 g/mol. The van der Waals surface area contributed by atoms with E-state index in [1.54, 1.807) is 65.6 Å². The van der Waals surface area contributed by atoms with Crippen LogP contribution < -0.4 is 10.2 Å². The van der Waals surface area contributed by atoms with Crippen molar-refractivity contribution in [1.82, 2.24) is 15.1 Å². The molecule has 2 aromatic carbocycles. The van der Waals surface area contributed by atoms with Gasteiger partial charge in [0.05, 0.1) is 31.4 Å². The van der Waals surface area contributed by atoms with Crippen molar-refractivity contribution in [3.63, 3.8) is 0 Å². The number of fused-ring (bicyclic) bond motifs is 1. The van der Waals surface area contributed by atoms with Crippen molar-refractivity contribution in [3.8, 4) is 0 Å². The summed E-state index contributed by atoms with van der Waals surface area (Å²) in [7, 11) is -3.59. The third kappa shape index (κ3) is 7.99. The number of rotatable bonds is 11. The lowest BCUT2D eigenvalue weighted by Crippen LogP contribution is -2.59. The van der Waals surface area contributed by atoms with Crippen LogP contribution >= 0.6 is 23.2 Å². The van der Waals surface area contributed by atoms with Crippen LogP contribution in [0.3, 0.4) is 0 Å². The van der Waals surface area contributed by atoms with Crippen LogP contribution in [0.5, 0.6) is 0 Å². The van der Waals surface area contributed by atoms with E-state index in [9.17, 15) is 23.1 Å². The van der Waals surface area contributed by atoms with Gasteiger partial charge in [-0.25, -0.2) is 18.6 Å². The maximum absolute atomic E-state index is 14.3. The quantitative estimate of drug-likeness (QED) is 0.224. The van der Waals surface area contributed by atoms with Crippen molar-refractivity contribution in [2.24, 2.45) is 0 Å². The van der Waals surface area contributed by atoms with Crippen LogP contribution in [-0.2, 0) is 19.7 Å². The van der Waals surface area contributed by atoms with Gasteiger partial charge in [0, 0.05) is 27.7 Å². The monoisotopic (exact) mass is 661 g/mol. The van der Waals surface area contributed by atoms with Gasteiger partial charge in [-0.05, 0) is 60.2 Å². The minimum atomic E-state index is -3.59. The van der Waals surface area contributed by atoms with Gasteiger partial charge in [-0.2, -0.15) is 0 Å². The van der Waals surface area contributed by atoms with Crippen LogP contribution in [0.1, 0.15) is 66.1 Å². The van der Waals surface area contributed by atoms with E-state index in [-0.39, 0.29) is 24.1 Å².